The molecule has 88 valence electrons. The molecule has 0 atom stereocenters. The largest absolute Gasteiger partial charge is 0.399 e. The molecule has 0 heterocycles. The van der Waals surface area contributed by atoms with Crippen molar-refractivity contribution in [3.05, 3.63) is 23.2 Å². The maximum atomic E-state index is 11.4. The number of rotatable bonds is 4. The summed E-state index contributed by atoms with van der Waals surface area (Å²) in [6, 6.07) is 4.70. The van der Waals surface area contributed by atoms with Gasteiger partial charge in [0.05, 0.1) is 10.7 Å². The summed E-state index contributed by atoms with van der Waals surface area (Å²) < 4.78 is 0. The number of benzene rings is 1. The molecule has 0 aliphatic heterocycles. The smallest absolute Gasteiger partial charge is 0.319 e. The van der Waals surface area contributed by atoms with Crippen LogP contribution in [-0.4, -0.2) is 12.6 Å². The van der Waals surface area contributed by atoms with Gasteiger partial charge in [0.1, 0.15) is 0 Å². The van der Waals surface area contributed by atoms with Crippen molar-refractivity contribution in [3.8, 4) is 0 Å². The van der Waals surface area contributed by atoms with Crippen LogP contribution in [0.3, 0.4) is 0 Å². The van der Waals surface area contributed by atoms with Crippen molar-refractivity contribution in [1.29, 1.82) is 0 Å². The van der Waals surface area contributed by atoms with Gasteiger partial charge in [-0.1, -0.05) is 24.9 Å². The zero-order valence-corrected chi connectivity index (χ0v) is 9.97. The molecule has 5 heteroatoms. The number of carbonyl (C=O) groups is 1. The SMILES string of the molecule is CCCCNC(=O)Nc1cc(N)ccc1Cl. The van der Waals surface area contributed by atoms with E-state index in [0.29, 0.717) is 22.9 Å². The lowest BCUT2D eigenvalue weighted by Gasteiger charge is -2.09. The van der Waals surface area contributed by atoms with Crippen LogP contribution >= 0.6 is 11.6 Å². The molecule has 0 aromatic heterocycles. The summed E-state index contributed by atoms with van der Waals surface area (Å²) in [6.45, 7) is 2.72. The Balaban J connectivity index is 2.52. The molecule has 1 rings (SSSR count). The third-order valence-corrected chi connectivity index (χ3v) is 2.38. The summed E-state index contributed by atoms with van der Waals surface area (Å²) in [6.07, 6.45) is 2.00. The first kappa shape index (κ1) is 12.6. The average molecular weight is 242 g/mol. The molecule has 0 saturated carbocycles. The van der Waals surface area contributed by atoms with Crippen LogP contribution in [0, 0.1) is 0 Å². The lowest BCUT2D eigenvalue weighted by molar-refractivity contribution is 0.252. The molecule has 0 fully saturated rings. The van der Waals surface area contributed by atoms with Crippen LogP contribution < -0.4 is 16.4 Å². The first-order valence-electron chi connectivity index (χ1n) is 5.23. The molecule has 1 aromatic carbocycles. The van der Waals surface area contributed by atoms with E-state index in [1.54, 1.807) is 18.2 Å². The number of anilines is 2. The molecule has 0 aliphatic carbocycles. The number of carbonyl (C=O) groups excluding carboxylic acids is 1. The first-order valence-corrected chi connectivity index (χ1v) is 5.61. The Bertz CT molecular complexity index is 368. The highest BCUT2D eigenvalue weighted by Gasteiger charge is 2.04. The fourth-order valence-corrected chi connectivity index (χ4v) is 1.35. The number of unbranched alkanes of at least 4 members (excludes halogenated alkanes) is 1. The molecule has 0 radical (unpaired) electrons. The summed E-state index contributed by atoms with van der Waals surface area (Å²) >= 11 is 5.90. The highest BCUT2D eigenvalue weighted by atomic mass is 35.5. The lowest BCUT2D eigenvalue weighted by Crippen LogP contribution is -2.29. The van der Waals surface area contributed by atoms with Crippen LogP contribution in [0.2, 0.25) is 5.02 Å². The molecular weight excluding hydrogens is 226 g/mol. The number of urea groups is 1. The number of nitrogen functional groups attached to an aromatic ring is 1. The van der Waals surface area contributed by atoms with E-state index in [4.69, 9.17) is 17.3 Å². The van der Waals surface area contributed by atoms with Crippen LogP contribution in [0.25, 0.3) is 0 Å². The number of nitrogens with one attached hydrogen (secondary N) is 2. The lowest BCUT2D eigenvalue weighted by atomic mass is 10.3. The minimum atomic E-state index is -0.263. The van der Waals surface area contributed by atoms with E-state index in [1.807, 2.05) is 0 Å². The molecular formula is C11H16ClN3O. The Kier molecular flexibility index (Phi) is 4.92. The minimum absolute atomic E-state index is 0.263. The zero-order valence-electron chi connectivity index (χ0n) is 9.22. The van der Waals surface area contributed by atoms with Crippen molar-refractivity contribution in [1.82, 2.24) is 5.32 Å². The predicted octanol–water partition coefficient (Wildman–Crippen LogP) is 2.84. The van der Waals surface area contributed by atoms with Crippen LogP contribution in [0.1, 0.15) is 19.8 Å². The molecule has 2 amide bonds. The van der Waals surface area contributed by atoms with E-state index in [9.17, 15) is 4.79 Å². The number of hydrogen-bond donors (Lipinski definition) is 3. The highest BCUT2D eigenvalue weighted by molar-refractivity contribution is 6.33. The van der Waals surface area contributed by atoms with Crippen molar-refractivity contribution in [2.45, 2.75) is 19.8 Å². The first-order chi connectivity index (χ1) is 7.63. The van der Waals surface area contributed by atoms with Gasteiger partial charge in [-0.25, -0.2) is 4.79 Å². The van der Waals surface area contributed by atoms with Crippen molar-refractivity contribution in [3.63, 3.8) is 0 Å². The third-order valence-electron chi connectivity index (χ3n) is 2.05. The van der Waals surface area contributed by atoms with Crippen molar-refractivity contribution in [2.24, 2.45) is 0 Å². The van der Waals surface area contributed by atoms with Gasteiger partial charge >= 0.3 is 6.03 Å². The second kappa shape index (κ2) is 6.23. The molecule has 4 N–H and O–H groups in total. The Morgan fingerprint density at radius 1 is 1.50 bits per heavy atom. The van der Waals surface area contributed by atoms with E-state index in [-0.39, 0.29) is 6.03 Å². The predicted molar refractivity (Wildman–Crippen MR) is 67.8 cm³/mol. The van der Waals surface area contributed by atoms with Gasteiger partial charge in [0.2, 0.25) is 0 Å². The number of nitrogens with two attached hydrogens (primary N) is 1. The molecule has 4 nitrogen and oxygen atoms in total. The van der Waals surface area contributed by atoms with Crippen LogP contribution in [0.4, 0.5) is 16.2 Å². The van der Waals surface area contributed by atoms with Gasteiger partial charge < -0.3 is 16.4 Å². The molecule has 0 unspecified atom stereocenters. The summed E-state index contributed by atoms with van der Waals surface area (Å²) in [5.41, 5.74) is 6.68. The minimum Gasteiger partial charge on any atom is -0.399 e. The maximum Gasteiger partial charge on any atom is 0.319 e. The van der Waals surface area contributed by atoms with Gasteiger partial charge in [-0.15, -0.1) is 0 Å². The second-order valence-corrected chi connectivity index (χ2v) is 3.88. The Labute approximate surface area is 100 Å². The molecule has 1 aromatic rings. The number of hydrogen-bond acceptors (Lipinski definition) is 2. The quantitative estimate of drug-likeness (QED) is 0.561. The van der Waals surface area contributed by atoms with Crippen molar-refractivity contribution in [2.75, 3.05) is 17.6 Å². The molecule has 0 bridgehead atoms. The Hall–Kier alpha value is -1.42. The summed E-state index contributed by atoms with van der Waals surface area (Å²) in [4.78, 5) is 11.4. The Morgan fingerprint density at radius 2 is 2.25 bits per heavy atom. The summed E-state index contributed by atoms with van der Waals surface area (Å²) in [5.74, 6) is 0. The molecule has 0 saturated heterocycles. The zero-order chi connectivity index (χ0) is 12.0. The third kappa shape index (κ3) is 3.98. The fraction of sp³-hybridized carbons (Fsp3) is 0.364. The van der Waals surface area contributed by atoms with Crippen LogP contribution in [-0.2, 0) is 0 Å². The van der Waals surface area contributed by atoms with Crippen LogP contribution in [0.5, 0.6) is 0 Å². The maximum absolute atomic E-state index is 11.4. The summed E-state index contributed by atoms with van der Waals surface area (Å²) in [7, 11) is 0. The topological polar surface area (TPSA) is 67.2 Å². The van der Waals surface area contributed by atoms with E-state index in [1.165, 1.54) is 0 Å². The van der Waals surface area contributed by atoms with E-state index >= 15 is 0 Å². The van der Waals surface area contributed by atoms with Gasteiger partial charge in [0.15, 0.2) is 0 Å². The highest BCUT2D eigenvalue weighted by Crippen LogP contribution is 2.23. The van der Waals surface area contributed by atoms with Crippen molar-refractivity contribution >= 4 is 29.0 Å². The number of amides is 2. The standard InChI is InChI=1S/C11H16ClN3O/c1-2-3-6-14-11(16)15-10-7-8(13)4-5-9(10)12/h4-5,7H,2-3,6,13H2,1H3,(H2,14,15,16). The van der Waals surface area contributed by atoms with Gasteiger partial charge in [-0.05, 0) is 24.6 Å². The Morgan fingerprint density at radius 3 is 2.94 bits per heavy atom. The molecule has 16 heavy (non-hydrogen) atoms. The van der Waals surface area contributed by atoms with Gasteiger partial charge in [0.25, 0.3) is 0 Å². The molecule has 0 aliphatic rings. The van der Waals surface area contributed by atoms with Gasteiger partial charge in [0, 0.05) is 12.2 Å². The normalized spacial score (nSPS) is 9.88. The van der Waals surface area contributed by atoms with Crippen molar-refractivity contribution < 1.29 is 4.79 Å². The average Bonchev–Trinajstić information content (AvgIpc) is 2.24. The van der Waals surface area contributed by atoms with E-state index in [0.717, 1.165) is 12.8 Å². The van der Waals surface area contributed by atoms with E-state index < -0.39 is 0 Å². The van der Waals surface area contributed by atoms with Gasteiger partial charge in [-0.2, -0.15) is 0 Å². The van der Waals surface area contributed by atoms with Gasteiger partial charge in [-0.3, -0.25) is 0 Å². The van der Waals surface area contributed by atoms with Crippen LogP contribution in [0.15, 0.2) is 18.2 Å². The monoisotopic (exact) mass is 241 g/mol. The summed E-state index contributed by atoms with van der Waals surface area (Å²) in [5, 5.41) is 5.85. The number of halogens is 1. The van der Waals surface area contributed by atoms with E-state index in [2.05, 4.69) is 17.6 Å². The second-order valence-electron chi connectivity index (χ2n) is 3.47. The molecule has 0 spiro atoms. The fourth-order valence-electron chi connectivity index (χ4n) is 1.18.